The molecule has 0 atom stereocenters. The molecule has 2 heterocycles. The number of aromatic nitrogens is 3. The lowest BCUT2D eigenvalue weighted by Gasteiger charge is -2.03. The van der Waals surface area contributed by atoms with Crippen LogP contribution in [0.4, 0.5) is 5.95 Å². The molecular formula is C11H10N4O. The number of hydrogen-bond donors (Lipinski definition) is 1. The van der Waals surface area contributed by atoms with Crippen molar-refractivity contribution in [2.75, 3.05) is 5.32 Å². The fraction of sp³-hybridized carbons (Fsp3) is 0.0909. The molecule has 2 rings (SSSR count). The number of aryl methyl sites for hydroxylation is 1. The van der Waals surface area contributed by atoms with Crippen LogP contribution in [0.25, 0.3) is 0 Å². The third-order valence-corrected chi connectivity index (χ3v) is 1.95. The van der Waals surface area contributed by atoms with Gasteiger partial charge in [0.15, 0.2) is 0 Å². The highest BCUT2D eigenvalue weighted by Gasteiger charge is 2.07. The summed E-state index contributed by atoms with van der Waals surface area (Å²) in [6.45, 7) is 1.83. The summed E-state index contributed by atoms with van der Waals surface area (Å²) in [5.41, 5.74) is 1.33. The Hall–Kier alpha value is -2.30. The Morgan fingerprint density at radius 3 is 2.62 bits per heavy atom. The van der Waals surface area contributed by atoms with Crippen LogP contribution in [0.15, 0.2) is 36.8 Å². The van der Waals surface area contributed by atoms with Gasteiger partial charge >= 0.3 is 0 Å². The van der Waals surface area contributed by atoms with E-state index in [9.17, 15) is 4.79 Å². The predicted molar refractivity (Wildman–Crippen MR) is 59.0 cm³/mol. The Kier molecular flexibility index (Phi) is 2.86. The first-order valence-electron chi connectivity index (χ1n) is 4.77. The van der Waals surface area contributed by atoms with Crippen LogP contribution >= 0.6 is 0 Å². The minimum Gasteiger partial charge on any atom is -0.290 e. The number of rotatable bonds is 2. The van der Waals surface area contributed by atoms with Gasteiger partial charge < -0.3 is 0 Å². The third-order valence-electron chi connectivity index (χ3n) is 1.95. The molecule has 0 aliphatic rings. The largest absolute Gasteiger partial charge is 0.290 e. The van der Waals surface area contributed by atoms with Crippen LogP contribution in [0.1, 0.15) is 16.1 Å². The van der Waals surface area contributed by atoms with E-state index >= 15 is 0 Å². The maximum absolute atomic E-state index is 11.7. The number of anilines is 1. The monoisotopic (exact) mass is 214 g/mol. The quantitative estimate of drug-likeness (QED) is 0.821. The Morgan fingerprint density at radius 1 is 1.19 bits per heavy atom. The van der Waals surface area contributed by atoms with Gasteiger partial charge in [-0.05, 0) is 25.1 Å². The molecule has 1 N–H and O–H groups in total. The van der Waals surface area contributed by atoms with Gasteiger partial charge in [0.25, 0.3) is 5.91 Å². The molecule has 5 nitrogen and oxygen atoms in total. The second-order valence-electron chi connectivity index (χ2n) is 3.21. The Bertz CT molecular complexity index is 498. The summed E-state index contributed by atoms with van der Waals surface area (Å²) in [6, 6.07) is 5.04. The molecule has 16 heavy (non-hydrogen) atoms. The second kappa shape index (κ2) is 4.48. The molecule has 0 spiro atoms. The van der Waals surface area contributed by atoms with E-state index in [4.69, 9.17) is 0 Å². The van der Waals surface area contributed by atoms with Gasteiger partial charge in [-0.15, -0.1) is 0 Å². The first-order valence-corrected chi connectivity index (χ1v) is 4.77. The van der Waals surface area contributed by atoms with Crippen molar-refractivity contribution >= 4 is 11.9 Å². The Morgan fingerprint density at radius 2 is 1.94 bits per heavy atom. The van der Waals surface area contributed by atoms with Gasteiger partial charge in [-0.2, -0.15) is 0 Å². The standard InChI is InChI=1S/C11H10N4O/c1-8-7-9(3-6-12-8)10(16)15-11-13-4-2-5-14-11/h2-7H,1H3,(H,13,14,15,16). The molecule has 0 saturated carbocycles. The zero-order chi connectivity index (χ0) is 11.4. The average molecular weight is 214 g/mol. The number of carbonyl (C=O) groups is 1. The zero-order valence-electron chi connectivity index (χ0n) is 8.71. The lowest BCUT2D eigenvalue weighted by atomic mass is 10.2. The van der Waals surface area contributed by atoms with E-state index in [2.05, 4.69) is 20.3 Å². The summed E-state index contributed by atoms with van der Waals surface area (Å²) in [5.74, 6) is 0.0543. The highest BCUT2D eigenvalue weighted by molar-refractivity contribution is 6.03. The van der Waals surface area contributed by atoms with Crippen LogP contribution < -0.4 is 5.32 Å². The molecule has 2 aromatic heterocycles. The van der Waals surface area contributed by atoms with Crippen LogP contribution in [0, 0.1) is 6.92 Å². The first kappa shape index (κ1) is 10.2. The SMILES string of the molecule is Cc1cc(C(=O)Nc2ncccn2)ccn1. The molecule has 0 aliphatic heterocycles. The second-order valence-corrected chi connectivity index (χ2v) is 3.21. The number of nitrogens with zero attached hydrogens (tertiary/aromatic N) is 3. The van der Waals surface area contributed by atoms with Gasteiger partial charge in [0, 0.05) is 29.8 Å². The minimum absolute atomic E-state index is 0.239. The molecule has 2 aromatic rings. The molecule has 0 aromatic carbocycles. The van der Waals surface area contributed by atoms with Gasteiger partial charge in [0.1, 0.15) is 0 Å². The van der Waals surface area contributed by atoms with E-state index < -0.39 is 0 Å². The van der Waals surface area contributed by atoms with E-state index in [1.165, 1.54) is 0 Å². The minimum atomic E-state index is -0.239. The summed E-state index contributed by atoms with van der Waals surface area (Å²) in [7, 11) is 0. The topological polar surface area (TPSA) is 67.8 Å². The van der Waals surface area contributed by atoms with Gasteiger partial charge in [-0.1, -0.05) is 0 Å². The van der Waals surface area contributed by atoms with Crippen molar-refractivity contribution in [3.05, 3.63) is 48.0 Å². The highest BCUT2D eigenvalue weighted by Crippen LogP contribution is 2.04. The van der Waals surface area contributed by atoms with Crippen LogP contribution in [0.2, 0.25) is 0 Å². The number of carbonyl (C=O) groups excluding carboxylic acids is 1. The van der Waals surface area contributed by atoms with Gasteiger partial charge in [-0.25, -0.2) is 9.97 Å². The van der Waals surface area contributed by atoms with Crippen molar-refractivity contribution in [3.8, 4) is 0 Å². The molecule has 0 radical (unpaired) electrons. The van der Waals surface area contributed by atoms with E-state index in [1.54, 1.807) is 36.8 Å². The first-order chi connectivity index (χ1) is 7.75. The highest BCUT2D eigenvalue weighted by atomic mass is 16.1. The number of amides is 1. The maximum atomic E-state index is 11.7. The molecule has 0 saturated heterocycles. The lowest BCUT2D eigenvalue weighted by Crippen LogP contribution is -2.14. The average Bonchev–Trinajstić information content (AvgIpc) is 2.30. The lowest BCUT2D eigenvalue weighted by molar-refractivity contribution is 0.102. The summed E-state index contributed by atoms with van der Waals surface area (Å²) in [4.78, 5) is 23.6. The molecule has 5 heteroatoms. The number of hydrogen-bond acceptors (Lipinski definition) is 4. The normalized spacial score (nSPS) is 9.81. The van der Waals surface area contributed by atoms with Crippen LogP contribution in [0.5, 0.6) is 0 Å². The number of pyridine rings is 1. The van der Waals surface area contributed by atoms with Crippen LogP contribution in [0.3, 0.4) is 0 Å². The van der Waals surface area contributed by atoms with E-state index in [1.807, 2.05) is 6.92 Å². The Labute approximate surface area is 92.6 Å². The molecule has 0 fully saturated rings. The fourth-order valence-electron chi connectivity index (χ4n) is 1.22. The summed E-state index contributed by atoms with van der Waals surface area (Å²) >= 11 is 0. The maximum Gasteiger partial charge on any atom is 0.258 e. The molecular weight excluding hydrogens is 204 g/mol. The molecule has 0 aliphatic carbocycles. The van der Waals surface area contributed by atoms with Gasteiger partial charge in [-0.3, -0.25) is 15.1 Å². The van der Waals surface area contributed by atoms with E-state index in [0.717, 1.165) is 5.69 Å². The summed E-state index contributed by atoms with van der Waals surface area (Å²) < 4.78 is 0. The molecule has 80 valence electrons. The smallest absolute Gasteiger partial charge is 0.258 e. The van der Waals surface area contributed by atoms with Crippen LogP contribution in [-0.4, -0.2) is 20.9 Å². The molecule has 0 bridgehead atoms. The molecule has 1 amide bonds. The van der Waals surface area contributed by atoms with Gasteiger partial charge in [0.05, 0.1) is 0 Å². The predicted octanol–water partition coefficient (Wildman–Crippen LogP) is 1.43. The van der Waals surface area contributed by atoms with Crippen molar-refractivity contribution in [1.29, 1.82) is 0 Å². The fourth-order valence-corrected chi connectivity index (χ4v) is 1.22. The van der Waals surface area contributed by atoms with Crippen molar-refractivity contribution in [3.63, 3.8) is 0 Å². The Balaban J connectivity index is 2.15. The van der Waals surface area contributed by atoms with Crippen molar-refractivity contribution in [2.24, 2.45) is 0 Å². The van der Waals surface area contributed by atoms with Crippen LogP contribution in [-0.2, 0) is 0 Å². The third kappa shape index (κ3) is 2.38. The van der Waals surface area contributed by atoms with E-state index in [-0.39, 0.29) is 5.91 Å². The summed E-state index contributed by atoms with van der Waals surface area (Å²) in [5, 5.41) is 2.60. The van der Waals surface area contributed by atoms with Gasteiger partial charge in [0.2, 0.25) is 5.95 Å². The van der Waals surface area contributed by atoms with Crippen molar-refractivity contribution < 1.29 is 4.79 Å². The summed E-state index contributed by atoms with van der Waals surface area (Å²) in [6.07, 6.45) is 4.73. The molecule has 0 unspecified atom stereocenters. The zero-order valence-corrected chi connectivity index (χ0v) is 8.71. The van der Waals surface area contributed by atoms with Crippen molar-refractivity contribution in [2.45, 2.75) is 6.92 Å². The number of nitrogens with one attached hydrogen (secondary N) is 1. The van der Waals surface area contributed by atoms with Crippen molar-refractivity contribution in [1.82, 2.24) is 15.0 Å². The van der Waals surface area contributed by atoms with E-state index in [0.29, 0.717) is 11.5 Å².